The van der Waals surface area contributed by atoms with Crippen molar-refractivity contribution in [2.45, 2.75) is 12.8 Å². The van der Waals surface area contributed by atoms with Crippen molar-refractivity contribution in [1.29, 1.82) is 5.26 Å². The van der Waals surface area contributed by atoms with Gasteiger partial charge in [0.05, 0.1) is 18.5 Å². The van der Waals surface area contributed by atoms with E-state index in [9.17, 15) is 0 Å². The molecule has 1 aliphatic rings. The van der Waals surface area contributed by atoms with Crippen molar-refractivity contribution in [3.63, 3.8) is 0 Å². The lowest BCUT2D eigenvalue weighted by Crippen LogP contribution is -2.35. The van der Waals surface area contributed by atoms with Crippen LogP contribution in [0.5, 0.6) is 0 Å². The van der Waals surface area contributed by atoms with Crippen LogP contribution >= 0.6 is 0 Å². The van der Waals surface area contributed by atoms with Gasteiger partial charge in [-0.05, 0) is 31.5 Å². The van der Waals surface area contributed by atoms with E-state index in [-0.39, 0.29) is 5.92 Å². The molecule has 17 heavy (non-hydrogen) atoms. The predicted molar refractivity (Wildman–Crippen MR) is 68.1 cm³/mol. The molecule has 1 fully saturated rings. The van der Waals surface area contributed by atoms with Gasteiger partial charge in [0, 0.05) is 12.1 Å². The van der Waals surface area contributed by atoms with Crippen LogP contribution in [0.4, 0.5) is 0 Å². The molecule has 1 saturated heterocycles. The molecule has 0 N–H and O–H groups in total. The smallest absolute Gasteiger partial charge is 0.0669 e. The third kappa shape index (κ3) is 3.63. The topological polar surface area (TPSA) is 27.0 Å². The van der Waals surface area contributed by atoms with Crippen molar-refractivity contribution in [3.05, 3.63) is 35.9 Å². The molecule has 1 heterocycles. The molecule has 0 bridgehead atoms. The van der Waals surface area contributed by atoms with Gasteiger partial charge in [-0.3, -0.25) is 4.90 Å². The molecule has 1 unspecified atom stereocenters. The standard InChI is InChI=1S/C15H16N2/c16-12-15-9-5-11-17(13-15)10-4-8-14-6-2-1-3-7-14/h1-3,6-7,15H,5,9-11,13H2. The summed E-state index contributed by atoms with van der Waals surface area (Å²) in [6.45, 7) is 2.72. The van der Waals surface area contributed by atoms with E-state index in [1.54, 1.807) is 0 Å². The zero-order valence-electron chi connectivity index (χ0n) is 9.89. The first-order valence-electron chi connectivity index (χ1n) is 6.04. The highest BCUT2D eigenvalue weighted by molar-refractivity contribution is 5.33. The summed E-state index contributed by atoms with van der Waals surface area (Å²) in [5, 5.41) is 8.90. The molecule has 1 atom stereocenters. The van der Waals surface area contributed by atoms with Crippen LogP contribution in [-0.2, 0) is 0 Å². The normalized spacial score (nSPS) is 20.1. The first-order valence-corrected chi connectivity index (χ1v) is 6.04. The Bertz CT molecular complexity index is 447. The molecule has 1 aromatic carbocycles. The minimum Gasteiger partial charge on any atom is -0.291 e. The molecule has 0 aromatic heterocycles. The summed E-state index contributed by atoms with van der Waals surface area (Å²) in [6, 6.07) is 12.4. The van der Waals surface area contributed by atoms with Gasteiger partial charge in [-0.1, -0.05) is 30.0 Å². The minimum atomic E-state index is 0.197. The van der Waals surface area contributed by atoms with Crippen LogP contribution in [0.25, 0.3) is 0 Å². The van der Waals surface area contributed by atoms with E-state index in [0.717, 1.165) is 38.0 Å². The molecule has 0 radical (unpaired) electrons. The summed E-state index contributed by atoms with van der Waals surface area (Å²) < 4.78 is 0. The average Bonchev–Trinajstić information content (AvgIpc) is 2.40. The van der Waals surface area contributed by atoms with Crippen LogP contribution in [0, 0.1) is 29.1 Å². The Morgan fingerprint density at radius 2 is 2.12 bits per heavy atom. The molecule has 0 amide bonds. The molecule has 86 valence electrons. The van der Waals surface area contributed by atoms with Crippen molar-refractivity contribution < 1.29 is 0 Å². The summed E-state index contributed by atoms with van der Waals surface area (Å²) in [7, 11) is 0. The third-order valence-corrected chi connectivity index (χ3v) is 3.00. The number of nitrogens with zero attached hydrogens (tertiary/aromatic N) is 2. The second-order valence-corrected chi connectivity index (χ2v) is 4.37. The Hall–Kier alpha value is -1.77. The highest BCUT2D eigenvalue weighted by atomic mass is 15.1. The summed E-state index contributed by atoms with van der Waals surface area (Å²) in [5.74, 6) is 6.53. The maximum atomic E-state index is 8.90. The molecule has 1 aromatic rings. The van der Waals surface area contributed by atoms with E-state index in [2.05, 4.69) is 22.8 Å². The molecular weight excluding hydrogens is 208 g/mol. The fraction of sp³-hybridized carbons (Fsp3) is 0.400. The molecular formula is C15H16N2. The van der Waals surface area contributed by atoms with Crippen LogP contribution in [0.1, 0.15) is 18.4 Å². The number of likely N-dealkylation sites (tertiary alicyclic amines) is 1. The van der Waals surface area contributed by atoms with E-state index >= 15 is 0 Å². The Labute approximate surface area is 103 Å². The summed E-state index contributed by atoms with van der Waals surface area (Å²) >= 11 is 0. The van der Waals surface area contributed by atoms with Crippen molar-refractivity contribution in [3.8, 4) is 17.9 Å². The van der Waals surface area contributed by atoms with E-state index < -0.39 is 0 Å². The van der Waals surface area contributed by atoms with Gasteiger partial charge in [-0.2, -0.15) is 5.26 Å². The van der Waals surface area contributed by atoms with Crippen molar-refractivity contribution >= 4 is 0 Å². The first kappa shape index (κ1) is 11.7. The van der Waals surface area contributed by atoms with E-state index in [0.29, 0.717) is 0 Å². The number of hydrogen-bond donors (Lipinski definition) is 0. The molecule has 0 spiro atoms. The monoisotopic (exact) mass is 224 g/mol. The van der Waals surface area contributed by atoms with Gasteiger partial charge in [-0.15, -0.1) is 0 Å². The zero-order valence-corrected chi connectivity index (χ0v) is 9.89. The SMILES string of the molecule is N#CC1CCCN(CC#Cc2ccccc2)C1. The van der Waals surface area contributed by atoms with Gasteiger partial charge in [0.1, 0.15) is 0 Å². The summed E-state index contributed by atoms with van der Waals surface area (Å²) in [5.41, 5.74) is 1.06. The van der Waals surface area contributed by atoms with Crippen LogP contribution < -0.4 is 0 Å². The van der Waals surface area contributed by atoms with Gasteiger partial charge in [0.2, 0.25) is 0 Å². The number of piperidine rings is 1. The summed E-state index contributed by atoms with van der Waals surface area (Å²) in [4.78, 5) is 2.27. The highest BCUT2D eigenvalue weighted by Crippen LogP contribution is 2.14. The van der Waals surface area contributed by atoms with E-state index in [1.807, 2.05) is 30.3 Å². The Kier molecular flexibility index (Phi) is 4.19. The second-order valence-electron chi connectivity index (χ2n) is 4.37. The first-order chi connectivity index (χ1) is 8.38. The van der Waals surface area contributed by atoms with Crippen LogP contribution in [0.3, 0.4) is 0 Å². The van der Waals surface area contributed by atoms with Gasteiger partial charge < -0.3 is 0 Å². The lowest BCUT2D eigenvalue weighted by atomic mass is 10.00. The molecule has 0 saturated carbocycles. The fourth-order valence-electron chi connectivity index (χ4n) is 2.08. The van der Waals surface area contributed by atoms with Crippen molar-refractivity contribution in [2.24, 2.45) is 5.92 Å². The van der Waals surface area contributed by atoms with Crippen molar-refractivity contribution in [2.75, 3.05) is 19.6 Å². The highest BCUT2D eigenvalue weighted by Gasteiger charge is 2.17. The number of nitriles is 1. The lowest BCUT2D eigenvalue weighted by molar-refractivity contribution is 0.222. The number of hydrogen-bond acceptors (Lipinski definition) is 2. The third-order valence-electron chi connectivity index (χ3n) is 3.00. The Morgan fingerprint density at radius 1 is 1.29 bits per heavy atom. The quantitative estimate of drug-likeness (QED) is 0.684. The number of rotatable bonds is 1. The molecule has 0 aliphatic carbocycles. The zero-order chi connectivity index (χ0) is 11.9. The number of benzene rings is 1. The molecule has 2 nitrogen and oxygen atoms in total. The Balaban J connectivity index is 1.87. The van der Waals surface area contributed by atoms with Gasteiger partial charge >= 0.3 is 0 Å². The van der Waals surface area contributed by atoms with E-state index in [1.165, 1.54) is 0 Å². The van der Waals surface area contributed by atoms with Crippen LogP contribution in [-0.4, -0.2) is 24.5 Å². The van der Waals surface area contributed by atoms with Crippen LogP contribution in [0.15, 0.2) is 30.3 Å². The second kappa shape index (κ2) is 6.09. The fourth-order valence-corrected chi connectivity index (χ4v) is 2.08. The average molecular weight is 224 g/mol. The molecule has 1 aliphatic heterocycles. The van der Waals surface area contributed by atoms with Crippen LogP contribution in [0.2, 0.25) is 0 Å². The summed E-state index contributed by atoms with van der Waals surface area (Å²) in [6.07, 6.45) is 2.16. The maximum absolute atomic E-state index is 8.90. The Morgan fingerprint density at radius 3 is 2.88 bits per heavy atom. The van der Waals surface area contributed by atoms with Gasteiger partial charge in [0.25, 0.3) is 0 Å². The molecule has 2 rings (SSSR count). The minimum absolute atomic E-state index is 0.197. The maximum Gasteiger partial charge on any atom is 0.0669 e. The lowest BCUT2D eigenvalue weighted by Gasteiger charge is -2.27. The van der Waals surface area contributed by atoms with Gasteiger partial charge in [-0.25, -0.2) is 0 Å². The largest absolute Gasteiger partial charge is 0.291 e. The van der Waals surface area contributed by atoms with E-state index in [4.69, 9.17) is 5.26 Å². The predicted octanol–water partition coefficient (Wildman–Crippen LogP) is 2.27. The van der Waals surface area contributed by atoms with Crippen molar-refractivity contribution in [1.82, 2.24) is 4.90 Å². The van der Waals surface area contributed by atoms with Gasteiger partial charge in [0.15, 0.2) is 0 Å². The molecule has 2 heteroatoms.